The van der Waals surface area contributed by atoms with E-state index in [4.69, 9.17) is 9.52 Å². The van der Waals surface area contributed by atoms with Crippen LogP contribution in [-0.2, 0) is 0 Å². The van der Waals surface area contributed by atoms with Gasteiger partial charge in [0, 0.05) is 5.92 Å². The van der Waals surface area contributed by atoms with E-state index in [-0.39, 0.29) is 12.5 Å². The van der Waals surface area contributed by atoms with E-state index in [9.17, 15) is 0 Å². The third-order valence-electron chi connectivity index (χ3n) is 1.30. The van der Waals surface area contributed by atoms with Gasteiger partial charge in [-0.2, -0.15) is 0 Å². The summed E-state index contributed by atoms with van der Waals surface area (Å²) in [6.07, 6.45) is 1.61. The van der Waals surface area contributed by atoms with Crippen molar-refractivity contribution in [1.82, 2.24) is 0 Å². The first-order valence-corrected chi connectivity index (χ1v) is 2.99. The predicted molar refractivity (Wildman–Crippen MR) is 34.2 cm³/mol. The molecule has 1 aromatic rings. The van der Waals surface area contributed by atoms with Crippen LogP contribution in [0.1, 0.15) is 18.6 Å². The van der Waals surface area contributed by atoms with Crippen molar-refractivity contribution in [3.8, 4) is 0 Å². The second kappa shape index (κ2) is 2.69. The van der Waals surface area contributed by atoms with Gasteiger partial charge in [0.2, 0.25) is 0 Å². The Kier molecular flexibility index (Phi) is 1.90. The lowest BCUT2D eigenvalue weighted by molar-refractivity contribution is 0.257. The molecule has 50 valence electrons. The van der Waals surface area contributed by atoms with Gasteiger partial charge in [-0.15, -0.1) is 0 Å². The molecule has 1 rings (SSSR count). The summed E-state index contributed by atoms with van der Waals surface area (Å²) < 4.78 is 5.03. The van der Waals surface area contributed by atoms with Crippen molar-refractivity contribution in [2.75, 3.05) is 6.61 Å². The summed E-state index contributed by atoms with van der Waals surface area (Å²) in [4.78, 5) is 0. The van der Waals surface area contributed by atoms with E-state index in [0.29, 0.717) is 0 Å². The highest BCUT2D eigenvalue weighted by molar-refractivity contribution is 5.03. The van der Waals surface area contributed by atoms with Crippen molar-refractivity contribution in [2.24, 2.45) is 0 Å². The number of aliphatic hydroxyl groups excluding tert-OH is 1. The van der Waals surface area contributed by atoms with Gasteiger partial charge in [0.1, 0.15) is 5.76 Å². The summed E-state index contributed by atoms with van der Waals surface area (Å²) in [5.41, 5.74) is 0. The Morgan fingerprint density at radius 1 is 1.78 bits per heavy atom. The molecule has 0 aliphatic heterocycles. The second-order valence-electron chi connectivity index (χ2n) is 2.10. The van der Waals surface area contributed by atoms with Gasteiger partial charge in [-0.1, -0.05) is 6.92 Å². The average molecular weight is 126 g/mol. The molecule has 0 unspecified atom stereocenters. The molecule has 1 heterocycles. The molecule has 0 radical (unpaired) electrons. The molecule has 0 spiro atoms. The summed E-state index contributed by atoms with van der Waals surface area (Å²) in [6, 6.07) is 3.68. The van der Waals surface area contributed by atoms with Gasteiger partial charge in [-0.3, -0.25) is 0 Å². The van der Waals surface area contributed by atoms with Gasteiger partial charge in [-0.05, 0) is 12.1 Å². The lowest BCUT2D eigenvalue weighted by Gasteiger charge is -2.00. The summed E-state index contributed by atoms with van der Waals surface area (Å²) >= 11 is 0. The third kappa shape index (κ3) is 1.33. The highest BCUT2D eigenvalue weighted by Crippen LogP contribution is 2.13. The SMILES string of the molecule is C[C@H](CO)c1ccco1. The van der Waals surface area contributed by atoms with E-state index in [1.165, 1.54) is 0 Å². The first-order chi connectivity index (χ1) is 4.34. The summed E-state index contributed by atoms with van der Waals surface area (Å²) in [5, 5.41) is 8.65. The molecule has 0 aliphatic rings. The average Bonchev–Trinajstić information content (AvgIpc) is 2.37. The highest BCUT2D eigenvalue weighted by atomic mass is 16.3. The first kappa shape index (κ1) is 6.36. The number of hydrogen-bond acceptors (Lipinski definition) is 2. The molecule has 0 saturated heterocycles. The Labute approximate surface area is 54.1 Å². The van der Waals surface area contributed by atoms with E-state index in [2.05, 4.69) is 0 Å². The minimum atomic E-state index is 0.125. The fraction of sp³-hybridized carbons (Fsp3) is 0.429. The van der Waals surface area contributed by atoms with Gasteiger partial charge in [0.25, 0.3) is 0 Å². The van der Waals surface area contributed by atoms with Crippen LogP contribution in [0.4, 0.5) is 0 Å². The minimum absolute atomic E-state index is 0.125. The van der Waals surface area contributed by atoms with E-state index in [0.717, 1.165) is 5.76 Å². The molecule has 0 aliphatic carbocycles. The van der Waals surface area contributed by atoms with Gasteiger partial charge in [-0.25, -0.2) is 0 Å². The molecule has 1 atom stereocenters. The van der Waals surface area contributed by atoms with Crippen molar-refractivity contribution in [1.29, 1.82) is 0 Å². The van der Waals surface area contributed by atoms with Crippen LogP contribution < -0.4 is 0 Å². The van der Waals surface area contributed by atoms with Gasteiger partial charge in [0.05, 0.1) is 12.9 Å². The predicted octanol–water partition coefficient (Wildman–Crippen LogP) is 1.38. The van der Waals surface area contributed by atoms with Crippen LogP contribution in [0, 0.1) is 0 Å². The summed E-state index contributed by atoms with van der Waals surface area (Å²) in [7, 11) is 0. The zero-order valence-electron chi connectivity index (χ0n) is 5.37. The molecule has 1 aromatic heterocycles. The molecule has 0 amide bonds. The standard InChI is InChI=1S/C7H10O2/c1-6(5-8)7-3-2-4-9-7/h2-4,6,8H,5H2,1H3/t6-/m1/s1. The maximum atomic E-state index is 8.65. The lowest BCUT2D eigenvalue weighted by Crippen LogP contribution is -1.95. The van der Waals surface area contributed by atoms with Crippen molar-refractivity contribution < 1.29 is 9.52 Å². The maximum Gasteiger partial charge on any atom is 0.108 e. The van der Waals surface area contributed by atoms with Crippen molar-refractivity contribution in [3.05, 3.63) is 24.2 Å². The fourth-order valence-electron chi connectivity index (χ4n) is 0.662. The molecule has 0 aromatic carbocycles. The van der Waals surface area contributed by atoms with Gasteiger partial charge in [0.15, 0.2) is 0 Å². The minimum Gasteiger partial charge on any atom is -0.469 e. The molecule has 1 N–H and O–H groups in total. The van der Waals surface area contributed by atoms with Crippen molar-refractivity contribution in [3.63, 3.8) is 0 Å². The van der Waals surface area contributed by atoms with Gasteiger partial charge >= 0.3 is 0 Å². The number of furan rings is 1. The van der Waals surface area contributed by atoms with Crippen LogP contribution in [0.25, 0.3) is 0 Å². The van der Waals surface area contributed by atoms with Crippen LogP contribution in [0.15, 0.2) is 22.8 Å². The molecule has 2 heteroatoms. The monoisotopic (exact) mass is 126 g/mol. The summed E-state index contributed by atoms with van der Waals surface area (Å²) in [6.45, 7) is 2.06. The Hall–Kier alpha value is -0.760. The number of hydrogen-bond donors (Lipinski definition) is 1. The zero-order valence-corrected chi connectivity index (χ0v) is 5.37. The zero-order chi connectivity index (χ0) is 6.69. The van der Waals surface area contributed by atoms with Crippen molar-refractivity contribution in [2.45, 2.75) is 12.8 Å². The van der Waals surface area contributed by atoms with Crippen LogP contribution in [0.5, 0.6) is 0 Å². The molecular weight excluding hydrogens is 116 g/mol. The second-order valence-corrected chi connectivity index (χ2v) is 2.10. The van der Waals surface area contributed by atoms with Gasteiger partial charge < -0.3 is 9.52 Å². The highest BCUT2D eigenvalue weighted by Gasteiger charge is 2.04. The Morgan fingerprint density at radius 3 is 3.00 bits per heavy atom. The Balaban J connectivity index is 2.65. The van der Waals surface area contributed by atoms with E-state index >= 15 is 0 Å². The van der Waals surface area contributed by atoms with Crippen molar-refractivity contribution >= 4 is 0 Å². The van der Waals surface area contributed by atoms with Crippen LogP contribution in [-0.4, -0.2) is 11.7 Å². The largest absolute Gasteiger partial charge is 0.469 e. The molecule has 0 fully saturated rings. The third-order valence-corrected chi connectivity index (χ3v) is 1.30. The normalized spacial score (nSPS) is 13.6. The molecule has 0 saturated carbocycles. The maximum absolute atomic E-state index is 8.65. The van der Waals surface area contributed by atoms with Crippen LogP contribution in [0.2, 0.25) is 0 Å². The molecule has 2 nitrogen and oxygen atoms in total. The van der Waals surface area contributed by atoms with E-state index in [1.807, 2.05) is 19.1 Å². The van der Waals surface area contributed by atoms with Crippen LogP contribution in [0.3, 0.4) is 0 Å². The molecular formula is C7H10O2. The quantitative estimate of drug-likeness (QED) is 0.649. The number of aliphatic hydroxyl groups is 1. The van der Waals surface area contributed by atoms with Crippen LogP contribution >= 0.6 is 0 Å². The van der Waals surface area contributed by atoms with E-state index in [1.54, 1.807) is 6.26 Å². The Bertz CT molecular complexity index is 155. The molecule has 9 heavy (non-hydrogen) atoms. The fourth-order valence-corrected chi connectivity index (χ4v) is 0.662. The lowest BCUT2D eigenvalue weighted by atomic mass is 10.1. The van der Waals surface area contributed by atoms with E-state index < -0.39 is 0 Å². The Morgan fingerprint density at radius 2 is 2.56 bits per heavy atom. The molecule has 0 bridgehead atoms. The smallest absolute Gasteiger partial charge is 0.108 e. The number of rotatable bonds is 2. The first-order valence-electron chi connectivity index (χ1n) is 2.99. The topological polar surface area (TPSA) is 33.4 Å². The summed E-state index contributed by atoms with van der Waals surface area (Å²) in [5.74, 6) is 0.970.